The standard InChI is InChI=1S/C23H19F4N3OS/c1-13-2-3-15-8-18-14(11-29-30(18)17-6-4-16(24)5-7-17)10-22(15,9-13)20(31)21-28-12-19(32-21)23(25,26)27/h4-8,11-13H,2-3,9-10H2,1H3/t13-,22+/m0/s1. The summed E-state index contributed by atoms with van der Waals surface area (Å²) in [6, 6.07) is 5.98. The molecule has 0 aliphatic heterocycles. The maximum absolute atomic E-state index is 13.6. The van der Waals surface area contributed by atoms with E-state index in [1.165, 1.54) is 12.1 Å². The molecule has 0 N–H and O–H groups in total. The highest BCUT2D eigenvalue weighted by Crippen LogP contribution is 2.52. The molecule has 0 radical (unpaired) electrons. The van der Waals surface area contributed by atoms with Gasteiger partial charge in [-0.25, -0.2) is 14.1 Å². The average Bonchev–Trinajstić information content (AvgIpc) is 3.39. The van der Waals surface area contributed by atoms with Gasteiger partial charge in [0.2, 0.25) is 5.78 Å². The van der Waals surface area contributed by atoms with Crippen molar-refractivity contribution in [3.63, 3.8) is 0 Å². The topological polar surface area (TPSA) is 47.8 Å². The van der Waals surface area contributed by atoms with Gasteiger partial charge in [-0.05, 0) is 67.5 Å². The van der Waals surface area contributed by atoms with E-state index in [4.69, 9.17) is 0 Å². The van der Waals surface area contributed by atoms with Crippen LogP contribution in [0.4, 0.5) is 17.6 Å². The second-order valence-corrected chi connectivity index (χ2v) is 9.61. The zero-order chi connectivity index (χ0) is 22.7. The summed E-state index contributed by atoms with van der Waals surface area (Å²) in [6.45, 7) is 2.06. The number of ketones is 1. The van der Waals surface area contributed by atoms with E-state index in [1.807, 2.05) is 6.08 Å². The molecule has 5 rings (SSSR count). The van der Waals surface area contributed by atoms with E-state index >= 15 is 0 Å². The number of nitrogens with zero attached hydrogens (tertiary/aromatic N) is 3. The monoisotopic (exact) mass is 461 g/mol. The second-order valence-electron chi connectivity index (χ2n) is 8.58. The van der Waals surface area contributed by atoms with Crippen molar-refractivity contribution in [2.45, 2.75) is 38.8 Å². The van der Waals surface area contributed by atoms with Crippen LogP contribution in [-0.4, -0.2) is 20.5 Å². The number of fused-ring (bicyclic) bond motifs is 2. The number of carbonyl (C=O) groups is 1. The first-order valence-electron chi connectivity index (χ1n) is 10.3. The van der Waals surface area contributed by atoms with Gasteiger partial charge in [-0.1, -0.05) is 12.5 Å². The van der Waals surface area contributed by atoms with Gasteiger partial charge in [0, 0.05) is 0 Å². The summed E-state index contributed by atoms with van der Waals surface area (Å²) in [5, 5.41) is 4.35. The van der Waals surface area contributed by atoms with Gasteiger partial charge < -0.3 is 0 Å². The minimum absolute atomic E-state index is 0.105. The highest BCUT2D eigenvalue weighted by molar-refractivity contribution is 7.13. The summed E-state index contributed by atoms with van der Waals surface area (Å²) in [6.07, 6.45) is 2.33. The van der Waals surface area contributed by atoms with Crippen LogP contribution < -0.4 is 0 Å². The number of rotatable bonds is 3. The van der Waals surface area contributed by atoms with Crippen LogP contribution in [0.5, 0.6) is 0 Å². The number of thiazole rings is 1. The van der Waals surface area contributed by atoms with Crippen molar-refractivity contribution in [3.05, 3.63) is 69.2 Å². The molecule has 1 fully saturated rings. The highest BCUT2D eigenvalue weighted by Gasteiger charge is 2.49. The van der Waals surface area contributed by atoms with E-state index < -0.39 is 16.5 Å². The molecule has 2 atom stereocenters. The number of benzene rings is 1. The number of hydrogen-bond acceptors (Lipinski definition) is 4. The van der Waals surface area contributed by atoms with Crippen molar-refractivity contribution >= 4 is 23.2 Å². The molecule has 4 nitrogen and oxygen atoms in total. The summed E-state index contributed by atoms with van der Waals surface area (Å²) in [7, 11) is 0. The van der Waals surface area contributed by atoms with Crippen LogP contribution in [-0.2, 0) is 12.6 Å². The molecule has 0 amide bonds. The Balaban J connectivity index is 1.58. The molecule has 9 heteroatoms. The maximum atomic E-state index is 13.6. The van der Waals surface area contributed by atoms with Crippen LogP contribution in [0.3, 0.4) is 0 Å². The van der Waals surface area contributed by atoms with E-state index in [0.717, 1.165) is 29.4 Å². The Bertz CT molecular complexity index is 1220. The minimum atomic E-state index is -4.53. The predicted octanol–water partition coefficient (Wildman–Crippen LogP) is 6.12. The van der Waals surface area contributed by atoms with E-state index in [1.54, 1.807) is 23.0 Å². The fourth-order valence-electron chi connectivity index (χ4n) is 4.86. The zero-order valence-electron chi connectivity index (χ0n) is 17.1. The lowest BCUT2D eigenvalue weighted by Gasteiger charge is -2.42. The molecular weight excluding hydrogens is 442 g/mol. The van der Waals surface area contributed by atoms with E-state index in [0.29, 0.717) is 36.3 Å². The Hall–Kier alpha value is -2.81. The summed E-state index contributed by atoms with van der Waals surface area (Å²) in [4.78, 5) is 16.6. The third-order valence-corrected chi connectivity index (χ3v) is 7.43. The van der Waals surface area contributed by atoms with Crippen molar-refractivity contribution in [2.24, 2.45) is 11.3 Å². The van der Waals surface area contributed by atoms with Gasteiger partial charge in [-0.3, -0.25) is 4.79 Å². The molecule has 0 unspecified atom stereocenters. The largest absolute Gasteiger partial charge is 0.427 e. The molecule has 32 heavy (non-hydrogen) atoms. The first-order valence-corrected chi connectivity index (χ1v) is 11.1. The molecule has 2 aromatic heterocycles. The zero-order valence-corrected chi connectivity index (χ0v) is 17.9. The quantitative estimate of drug-likeness (QED) is 0.349. The van der Waals surface area contributed by atoms with Crippen LogP contribution in [0.15, 0.2) is 42.2 Å². The summed E-state index contributed by atoms with van der Waals surface area (Å²) in [5.41, 5.74) is 2.35. The van der Waals surface area contributed by atoms with Gasteiger partial charge in [-0.15, -0.1) is 11.3 Å². The SMILES string of the molecule is C[C@H]1CCC2=Cc3c(cnn3-c3ccc(F)cc3)C[C@]2(C(=O)c2ncc(C(F)(F)F)s2)C1. The molecule has 2 aliphatic carbocycles. The van der Waals surface area contributed by atoms with Crippen LogP contribution in [0.25, 0.3) is 11.8 Å². The molecular formula is C23H19F4N3OS. The number of allylic oxidation sites excluding steroid dienone is 1. The Morgan fingerprint density at radius 3 is 2.66 bits per heavy atom. The van der Waals surface area contributed by atoms with Gasteiger partial charge in [0.05, 0.1) is 29.2 Å². The van der Waals surface area contributed by atoms with Crippen molar-refractivity contribution < 1.29 is 22.4 Å². The normalized spacial score (nSPS) is 22.8. The van der Waals surface area contributed by atoms with Gasteiger partial charge >= 0.3 is 6.18 Å². The van der Waals surface area contributed by atoms with Gasteiger partial charge in [0.15, 0.2) is 5.01 Å². The highest BCUT2D eigenvalue weighted by atomic mass is 32.1. The molecule has 1 aromatic carbocycles. The predicted molar refractivity (Wildman–Crippen MR) is 112 cm³/mol. The number of halogens is 4. The van der Waals surface area contributed by atoms with Crippen molar-refractivity contribution in [2.75, 3.05) is 0 Å². The molecule has 1 saturated carbocycles. The van der Waals surface area contributed by atoms with Crippen molar-refractivity contribution in [1.82, 2.24) is 14.8 Å². The number of hydrogen-bond donors (Lipinski definition) is 0. The molecule has 2 heterocycles. The van der Waals surface area contributed by atoms with Gasteiger partial charge in [-0.2, -0.15) is 18.3 Å². The third kappa shape index (κ3) is 3.39. The Morgan fingerprint density at radius 2 is 1.97 bits per heavy atom. The number of alkyl halides is 3. The molecule has 0 saturated heterocycles. The average molecular weight is 461 g/mol. The number of aromatic nitrogens is 3. The molecule has 0 spiro atoms. The Labute approximate surface area is 185 Å². The molecule has 2 aliphatic rings. The van der Waals surface area contributed by atoms with Crippen molar-refractivity contribution in [3.8, 4) is 5.69 Å². The van der Waals surface area contributed by atoms with Crippen LogP contribution >= 0.6 is 11.3 Å². The maximum Gasteiger partial charge on any atom is 0.427 e. The van der Waals surface area contributed by atoms with Crippen LogP contribution in [0.2, 0.25) is 0 Å². The summed E-state index contributed by atoms with van der Waals surface area (Å²) in [5.74, 6) is -0.441. The lowest BCUT2D eigenvalue weighted by Crippen LogP contribution is -2.41. The van der Waals surface area contributed by atoms with Crippen LogP contribution in [0.1, 0.15) is 52.1 Å². The van der Waals surface area contributed by atoms with Gasteiger partial charge in [0.25, 0.3) is 0 Å². The van der Waals surface area contributed by atoms with Gasteiger partial charge in [0.1, 0.15) is 10.7 Å². The van der Waals surface area contributed by atoms with E-state index in [-0.39, 0.29) is 22.5 Å². The second kappa shape index (κ2) is 7.37. The smallest absolute Gasteiger partial charge is 0.290 e. The number of Topliss-reactive ketones (excluding diaryl/α,β-unsaturated/α-hetero) is 1. The fraction of sp³-hybridized carbons (Fsp3) is 0.348. The van der Waals surface area contributed by atoms with E-state index in [2.05, 4.69) is 17.0 Å². The summed E-state index contributed by atoms with van der Waals surface area (Å²) >= 11 is 0.409. The fourth-order valence-corrected chi connectivity index (χ4v) is 5.68. The van der Waals surface area contributed by atoms with Crippen molar-refractivity contribution in [1.29, 1.82) is 0 Å². The molecule has 0 bridgehead atoms. The lowest BCUT2D eigenvalue weighted by molar-refractivity contribution is -0.134. The minimum Gasteiger partial charge on any atom is -0.290 e. The lowest BCUT2D eigenvalue weighted by atomic mass is 9.60. The Morgan fingerprint density at radius 1 is 1.22 bits per heavy atom. The first kappa shape index (κ1) is 21.1. The summed E-state index contributed by atoms with van der Waals surface area (Å²) < 4.78 is 54.4. The van der Waals surface area contributed by atoms with E-state index in [9.17, 15) is 22.4 Å². The Kier molecular flexibility index (Phi) is 4.85. The number of carbonyl (C=O) groups excluding carboxylic acids is 1. The third-order valence-electron chi connectivity index (χ3n) is 6.39. The van der Waals surface area contributed by atoms with Crippen LogP contribution in [0, 0.1) is 17.2 Å². The molecule has 166 valence electrons. The molecule has 3 aromatic rings. The first-order chi connectivity index (χ1) is 15.2.